The molecule has 0 spiro atoms. The number of non-ortho nitro benzene ring substituents is 1. The number of nitro groups is 1. The van der Waals surface area contributed by atoms with Gasteiger partial charge in [0.05, 0.1) is 29.8 Å². The van der Waals surface area contributed by atoms with Crippen molar-refractivity contribution in [2.75, 3.05) is 39.8 Å². The van der Waals surface area contributed by atoms with Gasteiger partial charge in [-0.1, -0.05) is 101 Å². The molecule has 0 radical (unpaired) electrons. The second-order valence-corrected chi connectivity index (χ2v) is 20.0. The van der Waals surface area contributed by atoms with Crippen molar-refractivity contribution in [3.05, 3.63) is 112 Å². The molecule has 2 heterocycles. The minimum absolute atomic E-state index is 0.00453. The van der Waals surface area contributed by atoms with Gasteiger partial charge >= 0.3 is 12.2 Å². The number of nitrogens with one attached hydrogen (secondary N) is 1. The van der Waals surface area contributed by atoms with Crippen molar-refractivity contribution in [1.82, 2.24) is 10.2 Å². The highest BCUT2D eigenvalue weighted by molar-refractivity contribution is 6.03. The number of benzene rings is 3. The van der Waals surface area contributed by atoms with Gasteiger partial charge in [0.2, 0.25) is 12.6 Å². The summed E-state index contributed by atoms with van der Waals surface area (Å²) < 4.78 is 37.8. The van der Waals surface area contributed by atoms with E-state index < -0.39 is 40.8 Å². The number of carbonyl (C=O) groups is 2. The van der Waals surface area contributed by atoms with Crippen LogP contribution in [0.25, 0.3) is 0 Å². The van der Waals surface area contributed by atoms with E-state index in [4.69, 9.17) is 38.4 Å². The Labute approximate surface area is 441 Å². The highest BCUT2D eigenvalue weighted by Crippen LogP contribution is 2.62. The monoisotopic (exact) mass is 1040 g/mol. The number of aliphatic hydroxyl groups excluding tert-OH is 2. The number of rotatable bonds is 31. The quantitative estimate of drug-likeness (QED) is 0.0237. The molecular formula is C58H78N4O13. The number of allylic oxidation sites excluding steroid dienone is 1. The van der Waals surface area contributed by atoms with E-state index in [9.17, 15) is 29.9 Å². The number of aliphatic hydroxyl groups is 2. The molecular weight excluding hydrogens is 961 g/mol. The van der Waals surface area contributed by atoms with Gasteiger partial charge in [-0.2, -0.15) is 0 Å². The minimum atomic E-state index is -1.60. The number of amides is 2. The molecule has 75 heavy (non-hydrogen) atoms. The molecule has 2 amide bonds. The Balaban J connectivity index is 1.29. The first-order valence-electron chi connectivity index (χ1n) is 27.4. The zero-order valence-corrected chi connectivity index (χ0v) is 43.9. The second kappa shape index (κ2) is 28.7. The predicted octanol–water partition coefficient (Wildman–Crippen LogP) is 11.8. The second-order valence-electron chi connectivity index (χ2n) is 20.0. The van der Waals surface area contributed by atoms with Crippen LogP contribution in [-0.2, 0) is 27.5 Å². The van der Waals surface area contributed by atoms with Gasteiger partial charge in [0.1, 0.15) is 24.1 Å². The average Bonchev–Trinajstić information content (AvgIpc) is 3.90. The summed E-state index contributed by atoms with van der Waals surface area (Å²) in [6, 6.07) is 16.1. The van der Waals surface area contributed by atoms with Gasteiger partial charge in [-0.05, 0) is 110 Å². The average molecular weight is 1040 g/mol. The number of hydrogen-bond donors (Lipinski definition) is 3. The number of hydrogen-bond acceptors (Lipinski definition) is 14. The third-order valence-electron chi connectivity index (χ3n) is 14.9. The maximum Gasteiger partial charge on any atom is 0.412 e. The molecule has 2 aliphatic heterocycles. The molecule has 0 unspecified atom stereocenters. The van der Waals surface area contributed by atoms with Crippen LogP contribution in [0, 0.1) is 27.9 Å². The molecule has 17 nitrogen and oxygen atoms in total. The minimum Gasteiger partial charge on any atom is -0.459 e. The number of unbranched alkanes of at least 4 members (excludes halogenated alkanes) is 11. The van der Waals surface area contributed by atoms with Crippen molar-refractivity contribution in [1.29, 1.82) is 0 Å². The summed E-state index contributed by atoms with van der Waals surface area (Å²) in [4.78, 5) is 47.0. The van der Waals surface area contributed by atoms with Crippen LogP contribution in [0.15, 0.2) is 90.1 Å². The van der Waals surface area contributed by atoms with Crippen LogP contribution in [0.4, 0.5) is 15.3 Å². The first kappa shape index (κ1) is 56.6. The lowest BCUT2D eigenvalue weighted by Gasteiger charge is -2.59. The van der Waals surface area contributed by atoms with Gasteiger partial charge in [-0.3, -0.25) is 15.0 Å². The summed E-state index contributed by atoms with van der Waals surface area (Å²) in [5.41, 5.74) is 3.47. The van der Waals surface area contributed by atoms with Crippen LogP contribution in [-0.4, -0.2) is 89.5 Å². The lowest BCUT2D eigenvalue weighted by atomic mass is 9.55. The molecule has 3 aromatic carbocycles. The molecule has 408 valence electrons. The topological polar surface area (TPSA) is 210 Å². The molecule has 1 saturated carbocycles. The summed E-state index contributed by atoms with van der Waals surface area (Å²) in [7, 11) is 0. The normalized spacial score (nSPS) is 21.5. The number of ether oxygens (including phenoxy) is 6. The van der Waals surface area contributed by atoms with E-state index >= 15 is 0 Å². The van der Waals surface area contributed by atoms with E-state index in [1.807, 2.05) is 24.3 Å². The SMILES string of the molecule is C=CCO[C@@]12Oc3ccc(OC(=O)NCCCCCCCCCCCC)cc3[C@H]3[C@H](CCCCO)[C@@H](CCCCO)C=C(C(=NOCc4ccc([N+](=O)[O-])cc4)C[C@@H]1N(Cc1ccc4c(c1)OCO4)C(=O)OCC)[C@H]32. The first-order valence-corrected chi connectivity index (χ1v) is 27.4. The Morgan fingerprint density at radius 3 is 2.27 bits per heavy atom. The van der Waals surface area contributed by atoms with Crippen LogP contribution in [0.3, 0.4) is 0 Å². The molecule has 0 aromatic heterocycles. The van der Waals surface area contributed by atoms with Gasteiger partial charge in [0.15, 0.2) is 11.5 Å². The fraction of sp³-hybridized carbons (Fsp3) is 0.569. The maximum atomic E-state index is 14.7. The van der Waals surface area contributed by atoms with Crippen LogP contribution < -0.4 is 24.3 Å². The van der Waals surface area contributed by atoms with Crippen molar-refractivity contribution in [3.63, 3.8) is 0 Å². The number of carbonyl (C=O) groups excluding carboxylic acids is 2. The molecule has 3 N–H and O–H groups in total. The molecule has 7 rings (SSSR count). The van der Waals surface area contributed by atoms with Crippen molar-refractivity contribution >= 4 is 23.6 Å². The highest BCUT2D eigenvalue weighted by Gasteiger charge is 2.66. The Kier molecular flexibility index (Phi) is 21.6. The summed E-state index contributed by atoms with van der Waals surface area (Å²) >= 11 is 0. The number of nitro benzene ring substituents is 1. The lowest BCUT2D eigenvalue weighted by molar-refractivity contribution is -0.384. The van der Waals surface area contributed by atoms with Crippen LogP contribution in [0.1, 0.15) is 146 Å². The zero-order valence-electron chi connectivity index (χ0n) is 43.9. The largest absolute Gasteiger partial charge is 0.459 e. The van der Waals surface area contributed by atoms with Gasteiger partial charge in [0.25, 0.3) is 5.69 Å². The Morgan fingerprint density at radius 2 is 1.56 bits per heavy atom. The van der Waals surface area contributed by atoms with Gasteiger partial charge in [-0.15, -0.1) is 6.58 Å². The molecule has 17 heteroatoms. The number of fused-ring (bicyclic) bond motifs is 3. The van der Waals surface area contributed by atoms with Crippen molar-refractivity contribution in [2.45, 2.75) is 154 Å². The Morgan fingerprint density at radius 1 is 0.867 bits per heavy atom. The van der Waals surface area contributed by atoms with Gasteiger partial charge in [-0.25, -0.2) is 9.59 Å². The molecule has 4 aliphatic rings. The fourth-order valence-corrected chi connectivity index (χ4v) is 11.3. The van der Waals surface area contributed by atoms with E-state index in [1.165, 1.54) is 57.1 Å². The Bertz CT molecular complexity index is 2410. The van der Waals surface area contributed by atoms with Crippen LogP contribution in [0.5, 0.6) is 23.0 Å². The maximum absolute atomic E-state index is 14.7. The molecule has 6 atom stereocenters. The fourth-order valence-electron chi connectivity index (χ4n) is 11.3. The van der Waals surface area contributed by atoms with Crippen molar-refractivity contribution in [2.24, 2.45) is 22.9 Å². The summed E-state index contributed by atoms with van der Waals surface area (Å²) in [6.07, 6.45) is 18.7. The van der Waals surface area contributed by atoms with Gasteiger partial charge < -0.3 is 48.8 Å². The molecule has 3 aromatic rings. The lowest BCUT2D eigenvalue weighted by Crippen LogP contribution is -2.70. The molecule has 1 fully saturated rings. The summed E-state index contributed by atoms with van der Waals surface area (Å²) in [5.74, 6) is -0.844. The number of nitrogens with zero attached hydrogens (tertiary/aromatic N) is 3. The van der Waals surface area contributed by atoms with Crippen molar-refractivity contribution < 1.29 is 58.0 Å². The molecule has 2 aliphatic carbocycles. The van der Waals surface area contributed by atoms with E-state index in [0.29, 0.717) is 66.5 Å². The van der Waals surface area contributed by atoms with E-state index in [-0.39, 0.29) is 70.3 Å². The van der Waals surface area contributed by atoms with Crippen LogP contribution >= 0.6 is 0 Å². The first-order chi connectivity index (χ1) is 36.6. The third-order valence-corrected chi connectivity index (χ3v) is 14.9. The van der Waals surface area contributed by atoms with Crippen LogP contribution in [0.2, 0.25) is 0 Å². The molecule has 0 bridgehead atoms. The van der Waals surface area contributed by atoms with E-state index in [0.717, 1.165) is 48.8 Å². The zero-order chi connectivity index (χ0) is 53.0. The predicted molar refractivity (Wildman–Crippen MR) is 284 cm³/mol. The third kappa shape index (κ3) is 14.6. The summed E-state index contributed by atoms with van der Waals surface area (Å²) in [5, 5.41) is 39.4. The van der Waals surface area contributed by atoms with E-state index in [1.54, 1.807) is 42.2 Å². The standard InChI is InChI=1S/C58H78N4O13/c1-4-7-8-9-10-11-12-13-14-17-30-59-56(65)74-45-27-29-50-48(36-45)54-46(21-16-19-32-64)43(20-15-18-31-63)35-47-49(60-73-39-41-22-25-44(26-23-41)62(67)68)37-53(58(75-50,55(47)54)72-33-5-2)61(57(66)69-6-3)38-42-24-28-51-52(34-42)71-40-70-51/h5,22-29,34-36,43,46,53-55,63-64H,2,4,6-21,30-33,37-40H2,1,3H3,(H,59,65)/t43-,46+,53-,54+,55+,58+/m0/s1. The summed E-state index contributed by atoms with van der Waals surface area (Å²) in [6.45, 7) is 8.82. The molecule has 0 saturated heterocycles. The number of oxime groups is 1. The Hall–Kier alpha value is -6.17. The van der Waals surface area contributed by atoms with Crippen molar-refractivity contribution in [3.8, 4) is 23.0 Å². The smallest absolute Gasteiger partial charge is 0.412 e. The van der Waals surface area contributed by atoms with E-state index in [2.05, 4.69) is 24.9 Å². The highest BCUT2D eigenvalue weighted by atomic mass is 16.7. The van der Waals surface area contributed by atoms with Gasteiger partial charge in [0, 0.05) is 56.3 Å².